The maximum absolute atomic E-state index is 14.3. The molecule has 0 saturated carbocycles. The molecule has 32 heavy (non-hydrogen) atoms. The highest BCUT2D eigenvalue weighted by Gasteiger charge is 2.35. The fraction of sp³-hybridized carbons (Fsp3) is 0.143. The number of hydrogen-bond acceptors (Lipinski definition) is 4. The Morgan fingerprint density at radius 2 is 1.44 bits per heavy atom. The lowest BCUT2D eigenvalue weighted by Crippen LogP contribution is -2.32. The van der Waals surface area contributed by atoms with Gasteiger partial charge in [-0.1, -0.05) is 17.7 Å². The first-order valence-corrected chi connectivity index (χ1v) is 10.3. The second kappa shape index (κ2) is 8.83. The van der Waals surface area contributed by atoms with E-state index >= 15 is 0 Å². The quantitative estimate of drug-likeness (QED) is 0.253. The van der Waals surface area contributed by atoms with Crippen molar-refractivity contribution in [2.75, 3.05) is 6.61 Å². The van der Waals surface area contributed by atoms with Gasteiger partial charge in [0.25, 0.3) is 10.1 Å². The molecule has 0 bridgehead atoms. The fourth-order valence-corrected chi connectivity index (χ4v) is 3.52. The minimum atomic E-state index is -4.50. The van der Waals surface area contributed by atoms with Crippen molar-refractivity contribution < 1.29 is 43.7 Å². The van der Waals surface area contributed by atoms with Crippen molar-refractivity contribution in [1.82, 2.24) is 0 Å². The average Bonchev–Trinajstić information content (AvgIpc) is 2.70. The van der Waals surface area contributed by atoms with E-state index in [4.69, 9.17) is 0 Å². The minimum absolute atomic E-state index is 0.340. The van der Waals surface area contributed by atoms with E-state index in [9.17, 15) is 34.8 Å². The molecule has 4 nitrogen and oxygen atoms in total. The van der Waals surface area contributed by atoms with Crippen LogP contribution in [0.3, 0.4) is 0 Å². The first-order valence-electron chi connectivity index (χ1n) is 8.85. The summed E-state index contributed by atoms with van der Waals surface area (Å²) in [6.07, 6.45) is -4.17. The molecule has 0 saturated heterocycles. The summed E-state index contributed by atoms with van der Waals surface area (Å²) in [4.78, 5) is -0.340. The molecular formula is C21H14F6O4S. The van der Waals surface area contributed by atoms with Gasteiger partial charge in [0.15, 0.2) is 24.1 Å². The van der Waals surface area contributed by atoms with Gasteiger partial charge in [-0.15, -0.1) is 0 Å². The minimum Gasteiger partial charge on any atom is -0.431 e. The summed E-state index contributed by atoms with van der Waals surface area (Å²) in [7, 11) is -4.50. The highest BCUT2D eigenvalue weighted by Crippen LogP contribution is 2.31. The van der Waals surface area contributed by atoms with Gasteiger partial charge in [0.2, 0.25) is 0 Å². The summed E-state index contributed by atoms with van der Waals surface area (Å²) < 4.78 is 115. The lowest BCUT2D eigenvalue weighted by Gasteiger charge is -2.18. The number of halogens is 6. The van der Waals surface area contributed by atoms with Gasteiger partial charge in [0.05, 0.1) is 4.90 Å². The van der Waals surface area contributed by atoms with Crippen LogP contribution in [0.1, 0.15) is 5.56 Å². The zero-order valence-electron chi connectivity index (χ0n) is 16.2. The molecule has 3 aromatic carbocycles. The van der Waals surface area contributed by atoms with Crippen molar-refractivity contribution in [3.8, 4) is 16.9 Å². The Balaban J connectivity index is 1.73. The van der Waals surface area contributed by atoms with E-state index in [2.05, 4.69) is 8.92 Å². The second-order valence-electron chi connectivity index (χ2n) is 6.66. The molecule has 0 heterocycles. The van der Waals surface area contributed by atoms with E-state index < -0.39 is 57.4 Å². The van der Waals surface area contributed by atoms with E-state index in [1.165, 1.54) is 24.3 Å². The highest BCUT2D eigenvalue weighted by atomic mass is 32.2. The van der Waals surface area contributed by atoms with Crippen LogP contribution in [0.4, 0.5) is 26.3 Å². The molecule has 0 spiro atoms. The molecule has 0 aliphatic rings. The Labute approximate surface area is 179 Å². The molecular weight excluding hydrogens is 462 g/mol. The highest BCUT2D eigenvalue weighted by molar-refractivity contribution is 7.86. The second-order valence-corrected chi connectivity index (χ2v) is 8.28. The molecule has 0 aliphatic heterocycles. The van der Waals surface area contributed by atoms with Crippen LogP contribution in [0.2, 0.25) is 0 Å². The van der Waals surface area contributed by atoms with E-state index in [0.29, 0.717) is 18.2 Å². The van der Waals surface area contributed by atoms with Crippen LogP contribution in [0.25, 0.3) is 11.1 Å². The first kappa shape index (κ1) is 23.6. The molecule has 0 amide bonds. The van der Waals surface area contributed by atoms with Crippen LogP contribution in [0, 0.1) is 30.2 Å². The van der Waals surface area contributed by atoms with Gasteiger partial charge in [0, 0.05) is 11.6 Å². The Morgan fingerprint density at radius 1 is 0.844 bits per heavy atom. The third-order valence-electron chi connectivity index (χ3n) is 4.19. The number of alkyl halides is 2. The van der Waals surface area contributed by atoms with Crippen molar-refractivity contribution >= 4 is 10.1 Å². The summed E-state index contributed by atoms with van der Waals surface area (Å²) in [6.45, 7) is 0.00763. The number of hydrogen-bond donors (Lipinski definition) is 0. The molecule has 170 valence electrons. The summed E-state index contributed by atoms with van der Waals surface area (Å²) >= 11 is 0. The molecule has 0 radical (unpaired) electrons. The van der Waals surface area contributed by atoms with E-state index in [1.54, 1.807) is 6.92 Å². The van der Waals surface area contributed by atoms with Crippen molar-refractivity contribution in [2.24, 2.45) is 0 Å². The lowest BCUT2D eigenvalue weighted by molar-refractivity contribution is -0.194. The van der Waals surface area contributed by atoms with Gasteiger partial charge < -0.3 is 4.74 Å². The summed E-state index contributed by atoms with van der Waals surface area (Å²) in [6, 6.07) is 8.58. The average molecular weight is 476 g/mol. The third kappa shape index (κ3) is 5.40. The van der Waals surface area contributed by atoms with Crippen molar-refractivity contribution in [3.63, 3.8) is 0 Å². The zero-order chi connectivity index (χ0) is 23.7. The lowest BCUT2D eigenvalue weighted by atomic mass is 10.0. The number of rotatable bonds is 7. The normalized spacial score (nSPS) is 12.1. The van der Waals surface area contributed by atoms with Crippen LogP contribution >= 0.6 is 0 Å². The molecule has 0 aromatic heterocycles. The first-order chi connectivity index (χ1) is 14.9. The largest absolute Gasteiger partial charge is 0.431 e. The summed E-state index contributed by atoms with van der Waals surface area (Å²) in [5.74, 6) is -6.77. The molecule has 0 aliphatic carbocycles. The smallest absolute Gasteiger partial charge is 0.423 e. The van der Waals surface area contributed by atoms with E-state index in [1.807, 2.05) is 0 Å². The summed E-state index contributed by atoms with van der Waals surface area (Å²) in [5, 5.41) is 0. The third-order valence-corrected chi connectivity index (χ3v) is 5.47. The van der Waals surface area contributed by atoms with Crippen molar-refractivity contribution in [2.45, 2.75) is 17.9 Å². The summed E-state index contributed by atoms with van der Waals surface area (Å²) in [5.41, 5.74) is -0.0319. The topological polar surface area (TPSA) is 52.6 Å². The standard InChI is InChI=1S/C21H14F6O4S/c1-12-2-5-15(6-3-12)32(28,29)30-11-21(26,27)31-14-4-7-16(17(22)10-14)13-8-18(23)20(25)19(24)9-13/h2-10H,11H2,1H3. The maximum atomic E-state index is 14.3. The van der Waals surface area contributed by atoms with Gasteiger partial charge >= 0.3 is 6.11 Å². The molecule has 0 N–H and O–H groups in total. The Morgan fingerprint density at radius 3 is 2.00 bits per heavy atom. The predicted molar refractivity (Wildman–Crippen MR) is 102 cm³/mol. The number of benzene rings is 3. The maximum Gasteiger partial charge on any atom is 0.423 e. The van der Waals surface area contributed by atoms with E-state index in [0.717, 1.165) is 17.7 Å². The monoisotopic (exact) mass is 476 g/mol. The van der Waals surface area contributed by atoms with E-state index in [-0.39, 0.29) is 10.5 Å². The molecule has 3 rings (SSSR count). The Hall–Kier alpha value is -3.05. The zero-order valence-corrected chi connectivity index (χ0v) is 17.0. The van der Waals surface area contributed by atoms with Gasteiger partial charge in [-0.2, -0.15) is 17.2 Å². The van der Waals surface area contributed by atoms with Crippen LogP contribution in [0.15, 0.2) is 59.5 Å². The Bertz CT molecular complexity index is 1220. The van der Waals surface area contributed by atoms with Crippen molar-refractivity contribution in [1.29, 1.82) is 0 Å². The van der Waals surface area contributed by atoms with Gasteiger partial charge in [-0.3, -0.25) is 4.18 Å². The number of ether oxygens (including phenoxy) is 1. The van der Waals surface area contributed by atoms with Gasteiger partial charge in [0.1, 0.15) is 11.6 Å². The SMILES string of the molecule is Cc1ccc(S(=O)(=O)OCC(F)(F)Oc2ccc(-c3cc(F)c(F)c(F)c3)c(F)c2)cc1. The van der Waals surface area contributed by atoms with Gasteiger partial charge in [-0.25, -0.2) is 17.6 Å². The van der Waals surface area contributed by atoms with Crippen LogP contribution in [-0.4, -0.2) is 21.1 Å². The van der Waals surface area contributed by atoms with Crippen LogP contribution < -0.4 is 4.74 Å². The molecule has 0 unspecified atom stereocenters. The molecule has 11 heteroatoms. The Kier molecular flexibility index (Phi) is 6.51. The predicted octanol–water partition coefficient (Wildman–Crippen LogP) is 5.60. The van der Waals surface area contributed by atoms with Crippen molar-refractivity contribution in [3.05, 3.63) is 83.4 Å². The fourth-order valence-electron chi connectivity index (χ4n) is 2.63. The number of aryl methyl sites for hydroxylation is 1. The molecule has 0 atom stereocenters. The molecule has 0 fully saturated rings. The molecule has 3 aromatic rings. The van der Waals surface area contributed by atoms with Crippen LogP contribution in [-0.2, 0) is 14.3 Å². The van der Waals surface area contributed by atoms with Gasteiger partial charge in [-0.05, 0) is 48.9 Å². The van der Waals surface area contributed by atoms with Crippen LogP contribution in [0.5, 0.6) is 5.75 Å².